The predicted octanol–water partition coefficient (Wildman–Crippen LogP) is 3.35. The second kappa shape index (κ2) is 7.24. The van der Waals surface area contributed by atoms with Crippen LogP contribution in [0.1, 0.15) is 18.5 Å². The maximum atomic E-state index is 13.6. The Morgan fingerprint density at radius 1 is 1.45 bits per heavy atom. The van der Waals surface area contributed by atoms with Gasteiger partial charge in [0.1, 0.15) is 17.7 Å². The zero-order chi connectivity index (χ0) is 14.8. The van der Waals surface area contributed by atoms with Crippen molar-refractivity contribution < 1.29 is 27.1 Å². The van der Waals surface area contributed by atoms with E-state index in [-0.39, 0.29) is 23.5 Å². The second-order valence-electron chi connectivity index (χ2n) is 3.58. The zero-order valence-electron chi connectivity index (χ0n) is 10.1. The third-order valence-corrected chi connectivity index (χ3v) is 2.94. The van der Waals surface area contributed by atoms with E-state index in [4.69, 9.17) is 5.73 Å². The van der Waals surface area contributed by atoms with Crippen LogP contribution in [-0.4, -0.2) is 18.5 Å². The lowest BCUT2D eigenvalue weighted by Crippen LogP contribution is -2.42. The van der Waals surface area contributed by atoms with Crippen LogP contribution >= 0.6 is 28.3 Å². The standard InChI is InChI=1S/C11H10BrF4NO2.ClH/c1-2-19-10(18)11(15,16)9(17)7-6(13)4-3-5(12)8(7)14;/h3-4,9H,2,17H2,1H3;1H/t9-;/m1./s1. The molecular weight excluding hydrogens is 369 g/mol. The van der Waals surface area contributed by atoms with Crippen molar-refractivity contribution in [2.75, 3.05) is 6.61 Å². The highest BCUT2D eigenvalue weighted by Gasteiger charge is 2.49. The Balaban J connectivity index is 0.00000361. The first-order valence-electron chi connectivity index (χ1n) is 5.17. The monoisotopic (exact) mass is 379 g/mol. The first kappa shape index (κ1) is 19.1. The van der Waals surface area contributed by atoms with Gasteiger partial charge in [0.05, 0.1) is 11.1 Å². The molecule has 0 spiro atoms. The Kier molecular flexibility index (Phi) is 6.92. The van der Waals surface area contributed by atoms with Crippen molar-refractivity contribution >= 4 is 34.3 Å². The first-order valence-corrected chi connectivity index (χ1v) is 5.96. The number of nitrogens with two attached hydrogens (primary N) is 1. The van der Waals surface area contributed by atoms with E-state index in [1.54, 1.807) is 0 Å². The molecule has 20 heavy (non-hydrogen) atoms. The second-order valence-corrected chi connectivity index (χ2v) is 4.43. The number of halogens is 6. The summed E-state index contributed by atoms with van der Waals surface area (Å²) in [5.74, 6) is -8.71. The molecule has 0 radical (unpaired) electrons. The fourth-order valence-corrected chi connectivity index (χ4v) is 1.71. The van der Waals surface area contributed by atoms with Crippen molar-refractivity contribution in [3.05, 3.63) is 33.8 Å². The number of hydrogen-bond acceptors (Lipinski definition) is 3. The summed E-state index contributed by atoms with van der Waals surface area (Å²) in [4.78, 5) is 11.1. The van der Waals surface area contributed by atoms with E-state index in [9.17, 15) is 22.4 Å². The van der Waals surface area contributed by atoms with E-state index in [1.807, 2.05) is 0 Å². The Hall–Kier alpha value is -0.860. The summed E-state index contributed by atoms with van der Waals surface area (Å²) in [5.41, 5.74) is 4.05. The largest absolute Gasteiger partial charge is 0.462 e. The van der Waals surface area contributed by atoms with Gasteiger partial charge < -0.3 is 10.5 Å². The summed E-state index contributed by atoms with van der Waals surface area (Å²) in [6.45, 7) is 1.02. The van der Waals surface area contributed by atoms with Crippen LogP contribution in [0.4, 0.5) is 17.6 Å². The predicted molar refractivity (Wildman–Crippen MR) is 69.8 cm³/mol. The minimum absolute atomic E-state index is 0. The fourth-order valence-electron chi connectivity index (χ4n) is 1.36. The van der Waals surface area contributed by atoms with Gasteiger partial charge in [-0.15, -0.1) is 12.4 Å². The maximum absolute atomic E-state index is 13.6. The molecule has 0 fully saturated rings. The maximum Gasteiger partial charge on any atom is 0.379 e. The molecule has 3 nitrogen and oxygen atoms in total. The number of benzene rings is 1. The van der Waals surface area contributed by atoms with Crippen molar-refractivity contribution in [1.82, 2.24) is 0 Å². The highest BCUT2D eigenvalue weighted by atomic mass is 79.9. The topological polar surface area (TPSA) is 52.3 Å². The van der Waals surface area contributed by atoms with E-state index < -0.39 is 35.1 Å². The molecule has 1 aromatic carbocycles. The third-order valence-electron chi connectivity index (χ3n) is 2.33. The quantitative estimate of drug-likeness (QED) is 0.495. The number of ether oxygens (including phenoxy) is 1. The van der Waals surface area contributed by atoms with Crippen molar-refractivity contribution in [3.8, 4) is 0 Å². The zero-order valence-corrected chi connectivity index (χ0v) is 12.5. The van der Waals surface area contributed by atoms with Gasteiger partial charge in [0.15, 0.2) is 0 Å². The molecule has 1 atom stereocenters. The number of esters is 1. The minimum Gasteiger partial charge on any atom is -0.462 e. The van der Waals surface area contributed by atoms with Crippen molar-refractivity contribution in [2.24, 2.45) is 5.73 Å². The van der Waals surface area contributed by atoms with Crippen LogP contribution in [-0.2, 0) is 9.53 Å². The van der Waals surface area contributed by atoms with Crippen LogP contribution in [0.3, 0.4) is 0 Å². The lowest BCUT2D eigenvalue weighted by Gasteiger charge is -2.22. The molecule has 0 amide bonds. The van der Waals surface area contributed by atoms with Gasteiger partial charge in [-0.1, -0.05) is 0 Å². The van der Waals surface area contributed by atoms with Gasteiger partial charge in [-0.2, -0.15) is 8.78 Å². The molecule has 9 heteroatoms. The number of rotatable bonds is 4. The van der Waals surface area contributed by atoms with Crippen LogP contribution in [0, 0.1) is 11.6 Å². The smallest absolute Gasteiger partial charge is 0.379 e. The molecule has 0 saturated heterocycles. The summed E-state index contributed by atoms with van der Waals surface area (Å²) in [6, 6.07) is -0.712. The molecule has 114 valence electrons. The van der Waals surface area contributed by atoms with Crippen LogP contribution in [0.25, 0.3) is 0 Å². The van der Waals surface area contributed by atoms with Crippen molar-refractivity contribution in [3.63, 3.8) is 0 Å². The van der Waals surface area contributed by atoms with Crippen LogP contribution in [0.2, 0.25) is 0 Å². The molecule has 1 aromatic rings. The summed E-state index contributed by atoms with van der Waals surface area (Å²) in [7, 11) is 0. The van der Waals surface area contributed by atoms with Gasteiger partial charge in [0, 0.05) is 5.56 Å². The van der Waals surface area contributed by atoms with E-state index in [2.05, 4.69) is 20.7 Å². The molecular formula is C11H11BrClF4NO2. The van der Waals surface area contributed by atoms with E-state index in [0.717, 1.165) is 12.1 Å². The molecule has 0 aromatic heterocycles. The van der Waals surface area contributed by atoms with Gasteiger partial charge >= 0.3 is 11.9 Å². The SMILES string of the molecule is CCOC(=O)C(F)(F)[C@H](N)c1c(F)ccc(Br)c1F.Cl. The highest BCUT2D eigenvalue weighted by Crippen LogP contribution is 2.35. The normalized spacial score (nSPS) is 12.6. The lowest BCUT2D eigenvalue weighted by atomic mass is 10.00. The average Bonchev–Trinajstić information content (AvgIpc) is 2.34. The summed E-state index contributed by atoms with van der Waals surface area (Å²) in [6.07, 6.45) is 0. The molecule has 0 aliphatic heterocycles. The Morgan fingerprint density at radius 2 is 2.00 bits per heavy atom. The third kappa shape index (κ3) is 3.62. The van der Waals surface area contributed by atoms with Crippen molar-refractivity contribution in [2.45, 2.75) is 18.9 Å². The van der Waals surface area contributed by atoms with Crippen LogP contribution < -0.4 is 5.73 Å². The lowest BCUT2D eigenvalue weighted by molar-refractivity contribution is -0.175. The average molecular weight is 381 g/mol. The molecule has 0 unspecified atom stereocenters. The molecule has 0 aliphatic carbocycles. The molecule has 0 saturated carbocycles. The van der Waals surface area contributed by atoms with E-state index in [0.29, 0.717) is 0 Å². The number of carbonyl (C=O) groups excluding carboxylic acids is 1. The number of carbonyl (C=O) groups is 1. The number of alkyl halides is 2. The fraction of sp³-hybridized carbons (Fsp3) is 0.364. The van der Waals surface area contributed by atoms with Gasteiger partial charge in [-0.3, -0.25) is 0 Å². The van der Waals surface area contributed by atoms with E-state index in [1.165, 1.54) is 6.92 Å². The van der Waals surface area contributed by atoms with Gasteiger partial charge in [-0.25, -0.2) is 13.6 Å². The van der Waals surface area contributed by atoms with Gasteiger partial charge in [0.25, 0.3) is 0 Å². The Bertz CT molecular complexity index is 502. The molecule has 0 bridgehead atoms. The van der Waals surface area contributed by atoms with Gasteiger partial charge in [-0.05, 0) is 35.0 Å². The van der Waals surface area contributed by atoms with Gasteiger partial charge in [0.2, 0.25) is 0 Å². The van der Waals surface area contributed by atoms with Crippen LogP contribution in [0.5, 0.6) is 0 Å². The Morgan fingerprint density at radius 3 is 2.50 bits per heavy atom. The Labute approximate surface area is 127 Å². The first-order chi connectivity index (χ1) is 8.73. The number of hydrogen-bond donors (Lipinski definition) is 1. The molecule has 0 aliphatic rings. The minimum atomic E-state index is -4.24. The molecule has 2 N–H and O–H groups in total. The molecule has 0 heterocycles. The summed E-state index contributed by atoms with van der Waals surface area (Å²) < 4.78 is 58.2. The van der Waals surface area contributed by atoms with Crippen LogP contribution in [0.15, 0.2) is 16.6 Å². The summed E-state index contributed by atoms with van der Waals surface area (Å²) >= 11 is 2.72. The van der Waals surface area contributed by atoms with E-state index >= 15 is 0 Å². The summed E-state index contributed by atoms with van der Waals surface area (Å²) in [5, 5.41) is 0. The van der Waals surface area contributed by atoms with Crippen molar-refractivity contribution in [1.29, 1.82) is 0 Å². The highest BCUT2D eigenvalue weighted by molar-refractivity contribution is 9.10. The molecule has 1 rings (SSSR count).